The number of carbonyl (C=O) groups excluding carboxylic acids is 1. The van der Waals surface area contributed by atoms with E-state index in [0.717, 1.165) is 38.0 Å². The molecule has 0 spiro atoms. The number of carbonyl (C=O) groups is 1. The van der Waals surface area contributed by atoms with E-state index in [1.807, 2.05) is 11.4 Å². The van der Waals surface area contributed by atoms with Crippen LogP contribution in [0.15, 0.2) is 11.4 Å². The highest BCUT2D eigenvalue weighted by molar-refractivity contribution is 7.10. The maximum absolute atomic E-state index is 11.2. The zero-order valence-corrected chi connectivity index (χ0v) is 11.6. The number of nitrogens with zero attached hydrogens (tertiary/aromatic N) is 1. The first-order valence-electron chi connectivity index (χ1n) is 6.38. The lowest BCUT2D eigenvalue weighted by Crippen LogP contribution is -2.40. The standard InChI is InChI=1S/C14H18N2O2S/c15-14(18)12-4-1-5-16(8-12)9-13-7-11(10-19-13)3-2-6-17/h7,10,12,17H,1,4-6,8-9H2,(H2,15,18). The second kappa shape index (κ2) is 6.71. The van der Waals surface area contributed by atoms with Gasteiger partial charge in [-0.15, -0.1) is 11.3 Å². The third-order valence-electron chi connectivity index (χ3n) is 3.25. The van der Waals surface area contributed by atoms with E-state index in [0.29, 0.717) is 0 Å². The van der Waals surface area contributed by atoms with E-state index in [1.54, 1.807) is 11.3 Å². The predicted molar refractivity (Wildman–Crippen MR) is 75.5 cm³/mol. The summed E-state index contributed by atoms with van der Waals surface area (Å²) in [7, 11) is 0. The van der Waals surface area contributed by atoms with Crippen molar-refractivity contribution in [2.75, 3.05) is 19.7 Å². The molecule has 1 amide bonds. The zero-order chi connectivity index (χ0) is 13.7. The number of likely N-dealkylation sites (tertiary alicyclic amines) is 1. The molecule has 1 saturated heterocycles. The molecule has 102 valence electrons. The number of hydrogen-bond acceptors (Lipinski definition) is 4. The average Bonchev–Trinajstić information content (AvgIpc) is 2.84. The topological polar surface area (TPSA) is 66.6 Å². The van der Waals surface area contributed by atoms with Crippen molar-refractivity contribution < 1.29 is 9.90 Å². The number of primary amides is 1. The van der Waals surface area contributed by atoms with E-state index >= 15 is 0 Å². The van der Waals surface area contributed by atoms with Crippen molar-refractivity contribution in [3.8, 4) is 11.8 Å². The van der Waals surface area contributed by atoms with E-state index in [-0.39, 0.29) is 18.4 Å². The number of aliphatic hydroxyl groups excluding tert-OH is 1. The normalized spacial score (nSPS) is 19.7. The molecule has 1 aliphatic rings. The number of rotatable bonds is 3. The van der Waals surface area contributed by atoms with Crippen LogP contribution < -0.4 is 5.73 Å². The lowest BCUT2D eigenvalue weighted by atomic mass is 9.97. The quantitative estimate of drug-likeness (QED) is 0.803. The Morgan fingerprint density at radius 2 is 2.47 bits per heavy atom. The van der Waals surface area contributed by atoms with Crippen LogP contribution in [0.25, 0.3) is 0 Å². The lowest BCUT2D eigenvalue weighted by molar-refractivity contribution is -0.123. The number of aliphatic hydroxyl groups is 1. The fourth-order valence-electron chi connectivity index (χ4n) is 2.32. The fraction of sp³-hybridized carbons (Fsp3) is 0.500. The highest BCUT2D eigenvalue weighted by atomic mass is 32.1. The Balaban J connectivity index is 1.93. The molecule has 2 rings (SSSR count). The van der Waals surface area contributed by atoms with Gasteiger partial charge < -0.3 is 10.8 Å². The van der Waals surface area contributed by atoms with E-state index < -0.39 is 0 Å². The maximum Gasteiger partial charge on any atom is 0.221 e. The minimum atomic E-state index is -0.189. The SMILES string of the molecule is NC(=O)C1CCCN(Cc2cc(C#CCO)cs2)C1. The van der Waals surface area contributed by atoms with Crippen LogP contribution in [-0.4, -0.2) is 35.6 Å². The van der Waals surface area contributed by atoms with E-state index in [1.165, 1.54) is 4.88 Å². The molecule has 1 atom stereocenters. The summed E-state index contributed by atoms with van der Waals surface area (Å²) in [5.74, 6) is 5.34. The smallest absolute Gasteiger partial charge is 0.221 e. The van der Waals surface area contributed by atoms with Crippen molar-refractivity contribution in [2.24, 2.45) is 11.7 Å². The number of amides is 1. The van der Waals surface area contributed by atoms with Gasteiger partial charge in [0.1, 0.15) is 6.61 Å². The van der Waals surface area contributed by atoms with Crippen LogP contribution in [0, 0.1) is 17.8 Å². The molecule has 0 radical (unpaired) electrons. The molecule has 1 aromatic heterocycles. The van der Waals surface area contributed by atoms with Crippen molar-refractivity contribution in [1.29, 1.82) is 0 Å². The molecule has 0 aromatic carbocycles. The van der Waals surface area contributed by atoms with Crippen LogP contribution in [0.4, 0.5) is 0 Å². The Morgan fingerprint density at radius 1 is 1.63 bits per heavy atom. The van der Waals surface area contributed by atoms with Gasteiger partial charge in [0, 0.05) is 28.9 Å². The molecule has 4 nitrogen and oxygen atoms in total. The molecule has 0 saturated carbocycles. The van der Waals surface area contributed by atoms with Crippen molar-refractivity contribution >= 4 is 17.2 Å². The number of hydrogen-bond donors (Lipinski definition) is 2. The van der Waals surface area contributed by atoms with Gasteiger partial charge in [-0.3, -0.25) is 9.69 Å². The third kappa shape index (κ3) is 4.06. The van der Waals surface area contributed by atoms with E-state index in [2.05, 4.69) is 16.7 Å². The maximum atomic E-state index is 11.2. The molecular weight excluding hydrogens is 260 g/mol. The van der Waals surface area contributed by atoms with Crippen molar-refractivity contribution in [1.82, 2.24) is 4.90 Å². The van der Waals surface area contributed by atoms with Gasteiger partial charge in [-0.05, 0) is 25.5 Å². The first-order valence-corrected chi connectivity index (χ1v) is 7.26. The Morgan fingerprint density at radius 3 is 3.21 bits per heavy atom. The molecule has 5 heteroatoms. The van der Waals surface area contributed by atoms with Gasteiger partial charge in [0.2, 0.25) is 5.91 Å². The Hall–Kier alpha value is -1.35. The Bertz CT molecular complexity index is 501. The van der Waals surface area contributed by atoms with E-state index in [9.17, 15) is 4.79 Å². The highest BCUT2D eigenvalue weighted by Crippen LogP contribution is 2.21. The highest BCUT2D eigenvalue weighted by Gasteiger charge is 2.23. The third-order valence-corrected chi connectivity index (χ3v) is 4.17. The lowest BCUT2D eigenvalue weighted by Gasteiger charge is -2.30. The predicted octanol–water partition coefficient (Wildman–Crippen LogP) is 0.789. The van der Waals surface area contributed by atoms with Crippen LogP contribution in [0.5, 0.6) is 0 Å². The number of piperidine rings is 1. The van der Waals surface area contributed by atoms with Crippen LogP contribution in [0.3, 0.4) is 0 Å². The molecule has 2 heterocycles. The van der Waals surface area contributed by atoms with Crippen molar-refractivity contribution in [3.63, 3.8) is 0 Å². The molecule has 1 unspecified atom stereocenters. The summed E-state index contributed by atoms with van der Waals surface area (Å²) in [5.41, 5.74) is 6.32. The molecule has 1 aliphatic heterocycles. The monoisotopic (exact) mass is 278 g/mol. The molecular formula is C14H18N2O2S. The molecule has 0 aliphatic carbocycles. The van der Waals surface area contributed by atoms with Crippen LogP contribution >= 0.6 is 11.3 Å². The molecule has 19 heavy (non-hydrogen) atoms. The van der Waals surface area contributed by atoms with Crippen LogP contribution in [0.1, 0.15) is 23.3 Å². The number of nitrogens with two attached hydrogens (primary N) is 1. The Kier molecular flexibility index (Phi) is 4.97. The summed E-state index contributed by atoms with van der Waals surface area (Å²) < 4.78 is 0. The van der Waals surface area contributed by atoms with E-state index in [4.69, 9.17) is 10.8 Å². The van der Waals surface area contributed by atoms with Gasteiger partial charge in [-0.25, -0.2) is 0 Å². The Labute approximate surface area is 117 Å². The second-order valence-corrected chi connectivity index (χ2v) is 5.73. The van der Waals surface area contributed by atoms with Crippen molar-refractivity contribution in [2.45, 2.75) is 19.4 Å². The fourth-order valence-corrected chi connectivity index (χ4v) is 3.18. The van der Waals surface area contributed by atoms with Gasteiger partial charge in [0.05, 0.1) is 5.92 Å². The van der Waals surface area contributed by atoms with Gasteiger partial charge in [-0.1, -0.05) is 11.8 Å². The average molecular weight is 278 g/mol. The molecule has 1 aromatic rings. The first-order chi connectivity index (χ1) is 9.19. The van der Waals surface area contributed by atoms with Gasteiger partial charge in [0.25, 0.3) is 0 Å². The number of thiophene rings is 1. The molecule has 0 bridgehead atoms. The van der Waals surface area contributed by atoms with Gasteiger partial charge in [0.15, 0.2) is 0 Å². The largest absolute Gasteiger partial charge is 0.384 e. The summed E-state index contributed by atoms with van der Waals surface area (Å²) in [4.78, 5) is 14.7. The minimum absolute atomic E-state index is 0.0117. The molecule has 3 N–H and O–H groups in total. The zero-order valence-electron chi connectivity index (χ0n) is 10.8. The summed E-state index contributed by atoms with van der Waals surface area (Å²) in [6.45, 7) is 2.50. The van der Waals surface area contributed by atoms with Crippen molar-refractivity contribution in [3.05, 3.63) is 21.9 Å². The van der Waals surface area contributed by atoms with Gasteiger partial charge in [-0.2, -0.15) is 0 Å². The summed E-state index contributed by atoms with van der Waals surface area (Å²) >= 11 is 1.66. The molecule has 1 fully saturated rings. The minimum Gasteiger partial charge on any atom is -0.384 e. The summed E-state index contributed by atoms with van der Waals surface area (Å²) in [5, 5.41) is 10.6. The second-order valence-electron chi connectivity index (χ2n) is 4.74. The first kappa shape index (κ1) is 14.1. The van der Waals surface area contributed by atoms with Gasteiger partial charge >= 0.3 is 0 Å². The van der Waals surface area contributed by atoms with Crippen LogP contribution in [-0.2, 0) is 11.3 Å². The summed E-state index contributed by atoms with van der Waals surface area (Å²) in [6, 6.07) is 2.04. The van der Waals surface area contributed by atoms with Crippen LogP contribution in [0.2, 0.25) is 0 Å². The summed E-state index contributed by atoms with van der Waals surface area (Å²) in [6.07, 6.45) is 1.93.